The maximum Gasteiger partial charge on any atom is 0.511 e. The molecule has 34 heavy (non-hydrogen) atoms. The van der Waals surface area contributed by atoms with Gasteiger partial charge in [-0.3, -0.25) is 14.5 Å². The molecule has 1 aromatic rings. The highest BCUT2D eigenvalue weighted by Crippen LogP contribution is 2.29. The number of nitrogens with two attached hydrogens (primary N) is 1. The zero-order chi connectivity index (χ0) is 24.5. The Bertz CT molecular complexity index is 868. The third-order valence-electron chi connectivity index (χ3n) is 6.05. The topological polar surface area (TPSA) is 129 Å². The van der Waals surface area contributed by atoms with Crippen LogP contribution in [0.1, 0.15) is 55.3 Å². The highest BCUT2D eigenvalue weighted by atomic mass is 35.5. The van der Waals surface area contributed by atoms with Crippen LogP contribution in [0.3, 0.4) is 0 Å². The summed E-state index contributed by atoms with van der Waals surface area (Å²) in [4.78, 5) is 38.3. The summed E-state index contributed by atoms with van der Waals surface area (Å²) in [6.07, 6.45) is 5.31. The fraction of sp³-hybridized carbons (Fsp3) is 0.609. The van der Waals surface area contributed by atoms with Crippen molar-refractivity contribution in [1.82, 2.24) is 10.2 Å². The van der Waals surface area contributed by atoms with Gasteiger partial charge in [-0.25, -0.2) is 4.79 Å². The van der Waals surface area contributed by atoms with Gasteiger partial charge in [0.25, 0.3) is 5.91 Å². The van der Waals surface area contributed by atoms with Crippen LogP contribution in [0.25, 0.3) is 0 Å². The van der Waals surface area contributed by atoms with Crippen LogP contribution in [0, 0.1) is 0 Å². The van der Waals surface area contributed by atoms with E-state index in [0.29, 0.717) is 42.9 Å². The molecule has 1 amide bonds. The Labute approximate surface area is 204 Å². The van der Waals surface area contributed by atoms with Crippen LogP contribution in [0.2, 0.25) is 5.02 Å². The van der Waals surface area contributed by atoms with Crippen molar-refractivity contribution >= 4 is 35.3 Å². The Hall–Kier alpha value is -2.72. The van der Waals surface area contributed by atoms with Gasteiger partial charge >= 0.3 is 12.1 Å². The highest BCUT2D eigenvalue weighted by Gasteiger charge is 2.25. The average molecular weight is 498 g/mol. The normalized spacial score (nSPS) is 17.6. The minimum atomic E-state index is -0.810. The first-order chi connectivity index (χ1) is 16.4. The number of nitrogens with one attached hydrogen (secondary N) is 1. The molecular formula is C23H32ClN3O7. The van der Waals surface area contributed by atoms with Gasteiger partial charge in [0.2, 0.25) is 6.79 Å². The van der Waals surface area contributed by atoms with E-state index in [2.05, 4.69) is 5.32 Å². The van der Waals surface area contributed by atoms with Crippen molar-refractivity contribution in [3.63, 3.8) is 0 Å². The second-order valence-corrected chi connectivity index (χ2v) is 8.91. The summed E-state index contributed by atoms with van der Waals surface area (Å²) in [6, 6.07) is 2.95. The number of ether oxygens (including phenoxy) is 4. The fourth-order valence-electron chi connectivity index (χ4n) is 4.14. The lowest BCUT2D eigenvalue weighted by molar-refractivity contribution is -0.155. The van der Waals surface area contributed by atoms with Crippen LogP contribution in [0.5, 0.6) is 5.75 Å². The molecule has 1 saturated heterocycles. The SMILES string of the molecule is COc1cc(N)c(Cl)cc1C(=O)NC1CCN(CC(=O)OCOC(=O)OC2CCCCC2)CC1. The molecule has 1 saturated carbocycles. The van der Waals surface area contributed by atoms with Crippen molar-refractivity contribution in [1.29, 1.82) is 0 Å². The number of benzene rings is 1. The number of hydrogen-bond donors (Lipinski definition) is 2. The van der Waals surface area contributed by atoms with E-state index in [9.17, 15) is 14.4 Å². The van der Waals surface area contributed by atoms with Gasteiger partial charge in [0.1, 0.15) is 11.9 Å². The zero-order valence-corrected chi connectivity index (χ0v) is 20.1. The quantitative estimate of drug-likeness (QED) is 0.316. The minimum Gasteiger partial charge on any atom is -0.496 e. The summed E-state index contributed by atoms with van der Waals surface area (Å²) < 4.78 is 20.3. The molecule has 0 aromatic heterocycles. The Morgan fingerprint density at radius 3 is 2.47 bits per heavy atom. The molecule has 11 heteroatoms. The van der Waals surface area contributed by atoms with E-state index in [1.54, 1.807) is 0 Å². The van der Waals surface area contributed by atoms with Crippen LogP contribution in [-0.4, -0.2) is 68.6 Å². The van der Waals surface area contributed by atoms with Crippen molar-refractivity contribution in [3.8, 4) is 5.75 Å². The van der Waals surface area contributed by atoms with E-state index in [0.717, 1.165) is 32.1 Å². The molecule has 0 spiro atoms. The predicted octanol–water partition coefficient (Wildman–Crippen LogP) is 3.11. The first kappa shape index (κ1) is 25.9. The van der Waals surface area contributed by atoms with E-state index in [1.807, 2.05) is 4.90 Å². The maximum atomic E-state index is 12.7. The Balaban J connectivity index is 1.34. The number of carbonyl (C=O) groups excluding carboxylic acids is 3. The summed E-state index contributed by atoms with van der Waals surface area (Å²) >= 11 is 6.05. The number of methoxy groups -OCH3 is 1. The molecule has 2 fully saturated rings. The Morgan fingerprint density at radius 2 is 1.79 bits per heavy atom. The van der Waals surface area contributed by atoms with Gasteiger partial charge in [0.05, 0.1) is 29.9 Å². The first-order valence-electron chi connectivity index (χ1n) is 11.5. The summed E-state index contributed by atoms with van der Waals surface area (Å²) in [7, 11) is 1.46. The molecule has 0 bridgehead atoms. The molecule has 1 heterocycles. The third kappa shape index (κ3) is 7.66. The summed E-state index contributed by atoms with van der Waals surface area (Å²) in [6.45, 7) is 0.806. The number of carbonyl (C=O) groups is 3. The van der Waals surface area contributed by atoms with Crippen LogP contribution in [-0.2, 0) is 19.0 Å². The van der Waals surface area contributed by atoms with Crippen LogP contribution < -0.4 is 15.8 Å². The van der Waals surface area contributed by atoms with E-state index in [4.69, 9.17) is 36.3 Å². The molecule has 10 nitrogen and oxygen atoms in total. The van der Waals surface area contributed by atoms with E-state index < -0.39 is 18.9 Å². The maximum absolute atomic E-state index is 12.7. The number of halogens is 1. The van der Waals surface area contributed by atoms with E-state index in [1.165, 1.54) is 19.2 Å². The number of likely N-dealkylation sites (tertiary alicyclic amines) is 1. The molecule has 1 aromatic carbocycles. The van der Waals surface area contributed by atoms with Crippen LogP contribution in [0.4, 0.5) is 10.5 Å². The second-order valence-electron chi connectivity index (χ2n) is 8.50. The molecule has 3 N–H and O–H groups in total. The number of esters is 1. The van der Waals surface area contributed by atoms with Crippen molar-refractivity contribution in [2.45, 2.75) is 57.1 Å². The standard InChI is InChI=1S/C23H32ClN3O7/c1-31-20-12-19(25)18(24)11-17(20)22(29)26-15-7-9-27(10-8-15)13-21(28)32-14-33-23(30)34-16-5-3-2-4-6-16/h11-12,15-16H,2-10,13-14,25H2,1H3,(H,26,29). The van der Waals surface area contributed by atoms with Gasteiger partial charge in [-0.1, -0.05) is 18.0 Å². The molecule has 1 aliphatic carbocycles. The lowest BCUT2D eigenvalue weighted by Gasteiger charge is -2.31. The zero-order valence-electron chi connectivity index (χ0n) is 19.3. The third-order valence-corrected chi connectivity index (χ3v) is 6.38. The molecular weight excluding hydrogens is 466 g/mol. The van der Waals surface area contributed by atoms with Gasteiger partial charge < -0.3 is 30.0 Å². The van der Waals surface area contributed by atoms with Gasteiger partial charge in [-0.05, 0) is 44.6 Å². The van der Waals surface area contributed by atoms with Crippen LogP contribution >= 0.6 is 11.6 Å². The number of amides is 1. The highest BCUT2D eigenvalue weighted by molar-refractivity contribution is 6.33. The molecule has 0 unspecified atom stereocenters. The Kier molecular flexibility index (Phi) is 9.64. The van der Waals surface area contributed by atoms with Crippen LogP contribution in [0.15, 0.2) is 12.1 Å². The fourth-order valence-corrected chi connectivity index (χ4v) is 4.30. The second kappa shape index (κ2) is 12.7. The monoisotopic (exact) mass is 497 g/mol. The van der Waals surface area contributed by atoms with E-state index in [-0.39, 0.29) is 29.6 Å². The van der Waals surface area contributed by atoms with Crippen molar-refractivity contribution < 1.29 is 33.3 Å². The van der Waals surface area contributed by atoms with Gasteiger partial charge in [-0.2, -0.15) is 0 Å². The Morgan fingerprint density at radius 1 is 1.09 bits per heavy atom. The number of anilines is 1. The summed E-state index contributed by atoms with van der Waals surface area (Å²) in [5.41, 5.74) is 6.42. The number of hydrogen-bond acceptors (Lipinski definition) is 9. The minimum absolute atomic E-state index is 0.0568. The number of nitrogens with zero attached hydrogens (tertiary/aromatic N) is 1. The van der Waals surface area contributed by atoms with E-state index >= 15 is 0 Å². The smallest absolute Gasteiger partial charge is 0.496 e. The molecule has 1 aliphatic heterocycles. The molecule has 3 rings (SSSR count). The van der Waals surface area contributed by atoms with Gasteiger partial charge in [0, 0.05) is 25.2 Å². The molecule has 0 radical (unpaired) electrons. The number of nitrogen functional groups attached to an aromatic ring is 1. The van der Waals surface area contributed by atoms with Crippen molar-refractivity contribution in [2.24, 2.45) is 0 Å². The van der Waals surface area contributed by atoms with Gasteiger partial charge in [0.15, 0.2) is 0 Å². The lowest BCUT2D eigenvalue weighted by Crippen LogP contribution is -2.46. The number of piperidine rings is 1. The molecule has 188 valence electrons. The molecule has 0 atom stereocenters. The summed E-state index contributed by atoms with van der Waals surface area (Å²) in [5.74, 6) is -0.438. The largest absolute Gasteiger partial charge is 0.511 e. The predicted molar refractivity (Wildman–Crippen MR) is 125 cm³/mol. The van der Waals surface area contributed by atoms with Gasteiger partial charge in [-0.15, -0.1) is 0 Å². The van der Waals surface area contributed by atoms with Crippen molar-refractivity contribution in [3.05, 3.63) is 22.7 Å². The number of rotatable bonds is 8. The lowest BCUT2D eigenvalue weighted by atomic mass is 9.98. The summed E-state index contributed by atoms with van der Waals surface area (Å²) in [5, 5.41) is 3.26. The van der Waals surface area contributed by atoms with Crippen molar-refractivity contribution in [2.75, 3.05) is 39.3 Å². The average Bonchev–Trinajstić information content (AvgIpc) is 2.82. The molecule has 2 aliphatic rings. The first-order valence-corrected chi connectivity index (χ1v) is 11.9.